The maximum Gasteiger partial charge on any atom is 0.294 e. The van der Waals surface area contributed by atoms with Gasteiger partial charge in [0.25, 0.3) is 20.2 Å². The van der Waals surface area contributed by atoms with Crippen LogP contribution in [0.15, 0.2) is 58.3 Å². The molecule has 6 nitrogen and oxygen atoms in total. The highest BCUT2D eigenvalue weighted by Gasteiger charge is 2.10. The van der Waals surface area contributed by atoms with Crippen molar-refractivity contribution in [2.45, 2.75) is 16.2 Å². The predicted octanol–water partition coefficient (Wildman–Crippen LogP) is 1.77. The first-order valence-corrected chi connectivity index (χ1v) is 8.67. The van der Waals surface area contributed by atoms with E-state index in [1.165, 1.54) is 24.3 Å². The lowest BCUT2D eigenvalue weighted by Crippen LogP contribution is -1.99. The van der Waals surface area contributed by atoms with Crippen LogP contribution >= 0.6 is 0 Å². The molecule has 8 heteroatoms. The standard InChI is InChI=1S/C13H12O6S2/c14-20(15,16)12-5-1-10(2-6-12)9-11-3-7-13(8-4-11)21(17,18)19/h1-8H,9H2,(H,14,15,16)(H,17,18,19). The highest BCUT2D eigenvalue weighted by Crippen LogP contribution is 2.16. The summed E-state index contributed by atoms with van der Waals surface area (Å²) in [5.41, 5.74) is 1.59. The summed E-state index contributed by atoms with van der Waals surface area (Å²) in [6.07, 6.45) is 0.456. The average Bonchev–Trinajstić information content (AvgIpc) is 2.38. The van der Waals surface area contributed by atoms with Crippen LogP contribution in [0.2, 0.25) is 0 Å². The summed E-state index contributed by atoms with van der Waals surface area (Å²) in [5.74, 6) is 0. The molecule has 0 fully saturated rings. The molecule has 0 saturated carbocycles. The molecule has 0 saturated heterocycles. The third-order valence-corrected chi connectivity index (χ3v) is 4.59. The van der Waals surface area contributed by atoms with E-state index in [9.17, 15) is 16.8 Å². The van der Waals surface area contributed by atoms with E-state index >= 15 is 0 Å². The molecule has 0 aromatic heterocycles. The van der Waals surface area contributed by atoms with Gasteiger partial charge in [-0.2, -0.15) is 16.8 Å². The number of rotatable bonds is 4. The van der Waals surface area contributed by atoms with E-state index in [0.717, 1.165) is 11.1 Å². The van der Waals surface area contributed by atoms with E-state index in [2.05, 4.69) is 0 Å². The number of benzene rings is 2. The van der Waals surface area contributed by atoms with Crippen LogP contribution in [0.25, 0.3) is 0 Å². The minimum atomic E-state index is -4.21. The Balaban J connectivity index is 2.19. The smallest absolute Gasteiger partial charge is 0.282 e. The van der Waals surface area contributed by atoms with Gasteiger partial charge < -0.3 is 0 Å². The Kier molecular flexibility index (Phi) is 4.15. The zero-order valence-electron chi connectivity index (χ0n) is 10.7. The van der Waals surface area contributed by atoms with Gasteiger partial charge in [0.05, 0.1) is 9.79 Å². The van der Waals surface area contributed by atoms with Crippen molar-refractivity contribution >= 4 is 20.2 Å². The van der Waals surface area contributed by atoms with Gasteiger partial charge in [-0.3, -0.25) is 9.11 Å². The Morgan fingerprint density at radius 1 is 0.619 bits per heavy atom. The fraction of sp³-hybridized carbons (Fsp3) is 0.0769. The van der Waals surface area contributed by atoms with Gasteiger partial charge in [-0.05, 0) is 41.8 Å². The summed E-state index contributed by atoms with van der Waals surface area (Å²) in [6, 6.07) is 11.4. The van der Waals surface area contributed by atoms with E-state index in [1.807, 2.05) is 0 Å². The summed E-state index contributed by atoms with van der Waals surface area (Å²) in [6.45, 7) is 0. The van der Waals surface area contributed by atoms with Crippen molar-refractivity contribution in [2.75, 3.05) is 0 Å². The van der Waals surface area contributed by atoms with Crippen LogP contribution in [0.1, 0.15) is 11.1 Å². The van der Waals surface area contributed by atoms with Crippen molar-refractivity contribution < 1.29 is 25.9 Å². The first kappa shape index (κ1) is 15.6. The lowest BCUT2D eigenvalue weighted by atomic mass is 10.1. The first-order chi connectivity index (χ1) is 9.66. The Labute approximate surface area is 122 Å². The molecule has 2 aromatic carbocycles. The molecule has 0 aliphatic carbocycles. The van der Waals surface area contributed by atoms with Crippen molar-refractivity contribution in [3.8, 4) is 0 Å². The predicted molar refractivity (Wildman–Crippen MR) is 75.3 cm³/mol. The van der Waals surface area contributed by atoms with E-state index in [4.69, 9.17) is 9.11 Å². The van der Waals surface area contributed by atoms with Crippen LogP contribution in [0.5, 0.6) is 0 Å². The molecule has 2 rings (SSSR count). The molecule has 0 radical (unpaired) electrons. The molecular formula is C13H12O6S2. The van der Waals surface area contributed by atoms with E-state index in [1.54, 1.807) is 24.3 Å². The van der Waals surface area contributed by atoms with Crippen molar-refractivity contribution in [1.82, 2.24) is 0 Å². The summed E-state index contributed by atoms with van der Waals surface area (Å²) >= 11 is 0. The maximum absolute atomic E-state index is 10.9. The van der Waals surface area contributed by atoms with Gasteiger partial charge in [-0.15, -0.1) is 0 Å². The van der Waals surface area contributed by atoms with Crippen molar-refractivity contribution in [3.63, 3.8) is 0 Å². The first-order valence-electron chi connectivity index (χ1n) is 5.79. The summed E-state index contributed by atoms with van der Waals surface area (Å²) < 4.78 is 61.4. The normalized spacial score (nSPS) is 12.3. The fourth-order valence-electron chi connectivity index (χ4n) is 1.79. The van der Waals surface area contributed by atoms with Crippen molar-refractivity contribution in [2.24, 2.45) is 0 Å². The third kappa shape index (κ3) is 4.11. The van der Waals surface area contributed by atoms with Crippen LogP contribution in [0.4, 0.5) is 0 Å². The largest absolute Gasteiger partial charge is 0.294 e. The van der Waals surface area contributed by atoms with Gasteiger partial charge in [0, 0.05) is 0 Å². The summed E-state index contributed by atoms with van der Waals surface area (Å²) in [5, 5.41) is 0. The Bertz CT molecular complexity index is 761. The summed E-state index contributed by atoms with van der Waals surface area (Å²) in [4.78, 5) is -0.374. The van der Waals surface area contributed by atoms with Crippen LogP contribution in [0.3, 0.4) is 0 Å². The molecule has 21 heavy (non-hydrogen) atoms. The Morgan fingerprint density at radius 3 is 1.14 bits per heavy atom. The quantitative estimate of drug-likeness (QED) is 0.828. The number of hydrogen-bond acceptors (Lipinski definition) is 4. The van der Waals surface area contributed by atoms with E-state index in [-0.39, 0.29) is 9.79 Å². The van der Waals surface area contributed by atoms with Gasteiger partial charge in [0.1, 0.15) is 0 Å². The zero-order chi connectivity index (χ0) is 15.7. The molecule has 0 bridgehead atoms. The maximum atomic E-state index is 10.9. The second-order valence-electron chi connectivity index (χ2n) is 4.41. The highest BCUT2D eigenvalue weighted by molar-refractivity contribution is 7.86. The van der Waals surface area contributed by atoms with Gasteiger partial charge in [0.2, 0.25) is 0 Å². The van der Waals surface area contributed by atoms with Gasteiger partial charge in [-0.25, -0.2) is 0 Å². The van der Waals surface area contributed by atoms with Crippen LogP contribution in [0, 0.1) is 0 Å². The highest BCUT2D eigenvalue weighted by atomic mass is 32.2. The van der Waals surface area contributed by atoms with Crippen molar-refractivity contribution in [3.05, 3.63) is 59.7 Å². The van der Waals surface area contributed by atoms with Crippen LogP contribution in [-0.4, -0.2) is 25.9 Å². The molecule has 0 aliphatic heterocycles. The monoisotopic (exact) mass is 328 g/mol. The van der Waals surface area contributed by atoms with Crippen LogP contribution in [-0.2, 0) is 26.7 Å². The SMILES string of the molecule is O=S(=O)(O)c1ccc(Cc2ccc(S(=O)(=O)O)cc2)cc1. The molecule has 112 valence electrons. The van der Waals surface area contributed by atoms with Gasteiger partial charge in [0.15, 0.2) is 0 Å². The fourth-order valence-corrected chi connectivity index (χ4v) is 2.75. The van der Waals surface area contributed by atoms with Gasteiger partial charge in [-0.1, -0.05) is 24.3 Å². The van der Waals surface area contributed by atoms with Gasteiger partial charge >= 0.3 is 0 Å². The Hall–Kier alpha value is -1.74. The second kappa shape index (κ2) is 5.57. The number of hydrogen-bond donors (Lipinski definition) is 2. The molecule has 0 amide bonds. The molecule has 0 atom stereocenters. The molecule has 2 aromatic rings. The molecular weight excluding hydrogens is 316 g/mol. The average molecular weight is 328 g/mol. The molecule has 0 aliphatic rings. The van der Waals surface area contributed by atoms with E-state index < -0.39 is 20.2 Å². The molecule has 2 N–H and O–H groups in total. The summed E-state index contributed by atoms with van der Waals surface area (Å²) in [7, 11) is -8.42. The minimum Gasteiger partial charge on any atom is -0.282 e. The van der Waals surface area contributed by atoms with E-state index in [0.29, 0.717) is 6.42 Å². The lowest BCUT2D eigenvalue weighted by molar-refractivity contribution is 0.481. The van der Waals surface area contributed by atoms with Crippen molar-refractivity contribution in [1.29, 1.82) is 0 Å². The zero-order valence-corrected chi connectivity index (χ0v) is 12.3. The minimum absolute atomic E-state index is 0.187. The Morgan fingerprint density at radius 2 is 0.905 bits per heavy atom. The molecule has 0 heterocycles. The second-order valence-corrected chi connectivity index (χ2v) is 7.26. The molecule has 0 unspecified atom stereocenters. The van der Waals surface area contributed by atoms with Crippen LogP contribution < -0.4 is 0 Å². The lowest BCUT2D eigenvalue weighted by Gasteiger charge is -2.04. The topological polar surface area (TPSA) is 109 Å². The third-order valence-electron chi connectivity index (χ3n) is 2.85. The molecule has 0 spiro atoms.